The number of halogens is 1. The number of aromatic nitrogens is 2. The minimum Gasteiger partial charge on any atom is -0.354 e. The Hall–Kier alpha value is -2.30. The van der Waals surface area contributed by atoms with E-state index in [0.717, 1.165) is 11.1 Å². The molecule has 1 N–H and O–H groups in total. The maximum absolute atomic E-state index is 12.8. The van der Waals surface area contributed by atoms with Gasteiger partial charge in [0.2, 0.25) is 5.95 Å². The van der Waals surface area contributed by atoms with Gasteiger partial charge < -0.3 is 5.32 Å². The number of carbonyl (C=O) groups is 1. The zero-order valence-electron chi connectivity index (χ0n) is 10.6. The van der Waals surface area contributed by atoms with E-state index in [-0.39, 0.29) is 11.6 Å². The van der Waals surface area contributed by atoms with Crippen molar-refractivity contribution in [3.63, 3.8) is 0 Å². The van der Waals surface area contributed by atoms with Gasteiger partial charge in [-0.2, -0.15) is 0 Å². The van der Waals surface area contributed by atoms with Crippen LogP contribution in [0.25, 0.3) is 11.1 Å². The van der Waals surface area contributed by atoms with Gasteiger partial charge in [-0.3, -0.25) is 4.79 Å². The van der Waals surface area contributed by atoms with Gasteiger partial charge >= 0.3 is 0 Å². The first-order valence-corrected chi connectivity index (χ1v) is 5.96. The van der Waals surface area contributed by atoms with E-state index in [1.807, 2.05) is 0 Å². The van der Waals surface area contributed by atoms with Crippen LogP contribution in [0.3, 0.4) is 0 Å². The molecule has 0 aliphatic carbocycles. The number of benzene rings is 1. The summed E-state index contributed by atoms with van der Waals surface area (Å²) in [6.45, 7) is 2.06. The number of ketones is 1. The van der Waals surface area contributed by atoms with Crippen LogP contribution in [0.4, 0.5) is 10.3 Å². The molecule has 2 rings (SSSR count). The molecule has 1 heterocycles. The summed E-state index contributed by atoms with van der Waals surface area (Å²) in [6.07, 6.45) is 3.77. The molecule has 0 amide bonds. The summed E-state index contributed by atoms with van der Waals surface area (Å²) in [5.74, 6) is 0.328. The van der Waals surface area contributed by atoms with Gasteiger partial charge in [0.05, 0.1) is 0 Å². The number of carbonyl (C=O) groups excluding carboxylic acids is 1. The second kappa shape index (κ2) is 6.04. The molecule has 0 bridgehead atoms. The van der Waals surface area contributed by atoms with Crippen LogP contribution in [0, 0.1) is 5.82 Å². The molecule has 0 aliphatic heterocycles. The molecule has 19 heavy (non-hydrogen) atoms. The lowest BCUT2D eigenvalue weighted by Crippen LogP contribution is -2.08. The Labute approximate surface area is 110 Å². The Morgan fingerprint density at radius 1 is 1.16 bits per heavy atom. The average molecular weight is 259 g/mol. The lowest BCUT2D eigenvalue weighted by Gasteiger charge is -2.04. The third kappa shape index (κ3) is 3.84. The molecular formula is C14H14FN3O. The van der Waals surface area contributed by atoms with Crippen molar-refractivity contribution < 1.29 is 9.18 Å². The van der Waals surface area contributed by atoms with Gasteiger partial charge in [0, 0.05) is 30.9 Å². The molecule has 0 unspecified atom stereocenters. The quantitative estimate of drug-likeness (QED) is 0.897. The first-order valence-electron chi connectivity index (χ1n) is 5.96. The molecule has 4 nitrogen and oxygen atoms in total. The van der Waals surface area contributed by atoms with Crippen LogP contribution in [0.15, 0.2) is 36.7 Å². The summed E-state index contributed by atoms with van der Waals surface area (Å²) in [6, 6.07) is 6.15. The average Bonchev–Trinajstić information content (AvgIpc) is 2.40. The Balaban J connectivity index is 2.02. The van der Waals surface area contributed by atoms with Gasteiger partial charge in [-0.15, -0.1) is 0 Å². The fourth-order valence-electron chi connectivity index (χ4n) is 1.56. The van der Waals surface area contributed by atoms with Crippen LogP contribution in [0.1, 0.15) is 13.3 Å². The maximum atomic E-state index is 12.8. The van der Waals surface area contributed by atoms with Crippen LogP contribution in [0.2, 0.25) is 0 Å². The molecule has 2 aromatic rings. The van der Waals surface area contributed by atoms with E-state index in [4.69, 9.17) is 0 Å². The topological polar surface area (TPSA) is 54.9 Å². The second-order valence-electron chi connectivity index (χ2n) is 4.18. The van der Waals surface area contributed by atoms with E-state index in [2.05, 4.69) is 15.3 Å². The highest BCUT2D eigenvalue weighted by Crippen LogP contribution is 2.18. The van der Waals surface area contributed by atoms with Gasteiger partial charge in [0.25, 0.3) is 0 Å². The smallest absolute Gasteiger partial charge is 0.222 e. The fraction of sp³-hybridized carbons (Fsp3) is 0.214. The van der Waals surface area contributed by atoms with Crippen molar-refractivity contribution in [3.05, 3.63) is 42.5 Å². The third-order valence-corrected chi connectivity index (χ3v) is 2.59. The number of nitrogens with one attached hydrogen (secondary N) is 1. The number of rotatable bonds is 5. The van der Waals surface area contributed by atoms with Crippen molar-refractivity contribution >= 4 is 11.7 Å². The van der Waals surface area contributed by atoms with Crippen LogP contribution in [-0.2, 0) is 4.79 Å². The van der Waals surface area contributed by atoms with Crippen molar-refractivity contribution in [1.29, 1.82) is 0 Å². The SMILES string of the molecule is CC(=O)CCNc1ncc(-c2ccc(F)cc2)cn1. The summed E-state index contributed by atoms with van der Waals surface area (Å²) in [5, 5.41) is 2.96. The fourth-order valence-corrected chi connectivity index (χ4v) is 1.56. The summed E-state index contributed by atoms with van der Waals surface area (Å²) in [4.78, 5) is 19.1. The Morgan fingerprint density at radius 3 is 2.37 bits per heavy atom. The van der Waals surface area contributed by atoms with Crippen molar-refractivity contribution in [3.8, 4) is 11.1 Å². The van der Waals surface area contributed by atoms with E-state index >= 15 is 0 Å². The predicted molar refractivity (Wildman–Crippen MR) is 71.2 cm³/mol. The van der Waals surface area contributed by atoms with E-state index in [1.54, 1.807) is 31.5 Å². The minimum atomic E-state index is -0.271. The molecule has 98 valence electrons. The first kappa shape index (κ1) is 13.1. The molecule has 5 heteroatoms. The molecule has 1 aromatic carbocycles. The predicted octanol–water partition coefficient (Wildman–Crippen LogP) is 2.67. The van der Waals surface area contributed by atoms with Crippen LogP contribution in [-0.4, -0.2) is 22.3 Å². The van der Waals surface area contributed by atoms with Gasteiger partial charge in [0.1, 0.15) is 11.6 Å². The van der Waals surface area contributed by atoms with Gasteiger partial charge in [-0.1, -0.05) is 12.1 Å². The largest absolute Gasteiger partial charge is 0.354 e. The van der Waals surface area contributed by atoms with Crippen molar-refractivity contribution in [2.24, 2.45) is 0 Å². The standard InChI is InChI=1S/C14H14FN3O/c1-10(19)6-7-16-14-17-8-12(9-18-14)11-2-4-13(15)5-3-11/h2-5,8-9H,6-7H2,1H3,(H,16,17,18). The number of nitrogens with zero attached hydrogens (tertiary/aromatic N) is 2. The third-order valence-electron chi connectivity index (χ3n) is 2.59. The van der Waals surface area contributed by atoms with Gasteiger partial charge in [0.15, 0.2) is 0 Å². The van der Waals surface area contributed by atoms with Crippen molar-refractivity contribution in [1.82, 2.24) is 9.97 Å². The number of hydrogen-bond acceptors (Lipinski definition) is 4. The summed E-state index contributed by atoms with van der Waals surface area (Å²) in [7, 11) is 0. The van der Waals surface area contributed by atoms with Crippen LogP contribution < -0.4 is 5.32 Å². The first-order chi connectivity index (χ1) is 9.15. The molecule has 1 aromatic heterocycles. The van der Waals surface area contributed by atoms with E-state index < -0.39 is 0 Å². The lowest BCUT2D eigenvalue weighted by molar-refractivity contribution is -0.116. The number of anilines is 1. The highest BCUT2D eigenvalue weighted by atomic mass is 19.1. The molecule has 0 saturated heterocycles. The normalized spacial score (nSPS) is 10.2. The van der Waals surface area contributed by atoms with Crippen molar-refractivity contribution in [2.45, 2.75) is 13.3 Å². The lowest BCUT2D eigenvalue weighted by atomic mass is 10.1. The highest BCUT2D eigenvalue weighted by Gasteiger charge is 2.01. The van der Waals surface area contributed by atoms with E-state index in [0.29, 0.717) is 18.9 Å². The van der Waals surface area contributed by atoms with Gasteiger partial charge in [-0.25, -0.2) is 14.4 Å². The Bertz CT molecular complexity index is 552. The maximum Gasteiger partial charge on any atom is 0.222 e. The Kier molecular flexibility index (Phi) is 4.18. The monoisotopic (exact) mass is 259 g/mol. The van der Waals surface area contributed by atoms with E-state index in [9.17, 15) is 9.18 Å². The molecule has 0 spiro atoms. The second-order valence-corrected chi connectivity index (χ2v) is 4.18. The highest BCUT2D eigenvalue weighted by molar-refractivity contribution is 5.75. The molecular weight excluding hydrogens is 245 g/mol. The molecule has 0 atom stereocenters. The number of Topliss-reactive ketones (excluding diaryl/α,β-unsaturated/α-hetero) is 1. The molecule has 0 radical (unpaired) electrons. The summed E-state index contributed by atoms with van der Waals surface area (Å²) < 4.78 is 12.8. The zero-order valence-corrected chi connectivity index (χ0v) is 10.6. The molecule has 0 aliphatic rings. The number of hydrogen-bond donors (Lipinski definition) is 1. The van der Waals surface area contributed by atoms with Crippen LogP contribution in [0.5, 0.6) is 0 Å². The van der Waals surface area contributed by atoms with Crippen LogP contribution >= 0.6 is 0 Å². The minimum absolute atomic E-state index is 0.121. The molecule has 0 fully saturated rings. The summed E-state index contributed by atoms with van der Waals surface area (Å²) in [5.41, 5.74) is 1.67. The zero-order chi connectivity index (χ0) is 13.7. The molecule has 0 saturated carbocycles. The summed E-state index contributed by atoms with van der Waals surface area (Å²) >= 11 is 0. The van der Waals surface area contributed by atoms with E-state index in [1.165, 1.54) is 12.1 Å². The van der Waals surface area contributed by atoms with Crippen molar-refractivity contribution in [2.75, 3.05) is 11.9 Å². The van der Waals surface area contributed by atoms with Gasteiger partial charge in [-0.05, 0) is 24.6 Å². The Morgan fingerprint density at radius 2 is 1.79 bits per heavy atom.